The van der Waals surface area contributed by atoms with E-state index in [2.05, 4.69) is 5.32 Å². The van der Waals surface area contributed by atoms with Gasteiger partial charge in [0.1, 0.15) is 42.3 Å². The van der Waals surface area contributed by atoms with Gasteiger partial charge in [0.25, 0.3) is 0 Å². The van der Waals surface area contributed by atoms with E-state index in [9.17, 15) is 28.8 Å². The maximum atomic E-state index is 14.0. The topological polar surface area (TPSA) is 167 Å². The summed E-state index contributed by atoms with van der Waals surface area (Å²) in [6.45, 7) is 4.27. The van der Waals surface area contributed by atoms with Crippen LogP contribution in [0.25, 0.3) is 5.76 Å². The Balaban J connectivity index is 1.47. The Hall–Kier alpha value is -5.40. The van der Waals surface area contributed by atoms with E-state index < -0.39 is 66.5 Å². The fourth-order valence-electron chi connectivity index (χ4n) is 5.19. The lowest BCUT2D eigenvalue weighted by molar-refractivity contribution is -0.160. The van der Waals surface area contributed by atoms with Crippen LogP contribution in [-0.2, 0) is 44.5 Å². The van der Waals surface area contributed by atoms with Gasteiger partial charge in [-0.2, -0.15) is 0 Å². The van der Waals surface area contributed by atoms with Crippen molar-refractivity contribution < 1.29 is 52.5 Å². The molecule has 2 heterocycles. The lowest BCUT2D eigenvalue weighted by Crippen LogP contribution is -2.63. The summed E-state index contributed by atoms with van der Waals surface area (Å²) in [5.41, 5.74) is 0.821. The smallest absolute Gasteiger partial charge is 0.408 e. The SMILES string of the molecule is COC(=O)C[C@H]1C(=O)N(CC(=O)OCC=C2OC(=O)c3ccccc32)CCN1C(=O)[C@H](Cc1ccc(OC)cc1)NC(=O)OC(C)(C)C. The van der Waals surface area contributed by atoms with E-state index in [4.69, 9.17) is 23.7 Å². The van der Waals surface area contributed by atoms with E-state index in [1.54, 1.807) is 69.3 Å². The molecule has 2 aliphatic rings. The van der Waals surface area contributed by atoms with Crippen LogP contribution in [-0.4, -0.2) is 104 Å². The molecule has 14 nitrogen and oxygen atoms in total. The van der Waals surface area contributed by atoms with Gasteiger partial charge in [-0.25, -0.2) is 9.59 Å². The molecule has 1 fully saturated rings. The van der Waals surface area contributed by atoms with Gasteiger partial charge in [-0.05, 0) is 50.6 Å². The average molecular weight is 666 g/mol. The van der Waals surface area contributed by atoms with Gasteiger partial charge in [-0.1, -0.05) is 30.3 Å². The molecule has 0 aromatic heterocycles. The van der Waals surface area contributed by atoms with Crippen molar-refractivity contribution in [2.24, 2.45) is 0 Å². The van der Waals surface area contributed by atoms with Crippen molar-refractivity contribution in [2.45, 2.75) is 51.3 Å². The number of cyclic esters (lactones) is 1. The second-order valence-electron chi connectivity index (χ2n) is 12.0. The van der Waals surface area contributed by atoms with Crippen LogP contribution in [0.2, 0.25) is 0 Å². The van der Waals surface area contributed by atoms with Crippen LogP contribution >= 0.6 is 0 Å². The Kier molecular flexibility index (Phi) is 11.4. The molecule has 1 saturated heterocycles. The second kappa shape index (κ2) is 15.5. The number of nitrogens with zero attached hydrogens (tertiary/aromatic N) is 2. The van der Waals surface area contributed by atoms with Crippen LogP contribution < -0.4 is 10.1 Å². The summed E-state index contributed by atoms with van der Waals surface area (Å²) >= 11 is 0. The number of hydrogen-bond donors (Lipinski definition) is 1. The van der Waals surface area contributed by atoms with Crippen LogP contribution in [0.1, 0.15) is 48.7 Å². The van der Waals surface area contributed by atoms with E-state index in [1.165, 1.54) is 23.0 Å². The molecule has 2 aromatic carbocycles. The fourth-order valence-corrected chi connectivity index (χ4v) is 5.19. The van der Waals surface area contributed by atoms with Crippen molar-refractivity contribution in [1.82, 2.24) is 15.1 Å². The number of nitrogens with one attached hydrogen (secondary N) is 1. The number of hydrogen-bond acceptors (Lipinski definition) is 11. The molecule has 1 N–H and O–H groups in total. The second-order valence-corrected chi connectivity index (χ2v) is 12.0. The Labute approximate surface area is 277 Å². The third-order valence-electron chi connectivity index (χ3n) is 7.49. The van der Waals surface area contributed by atoms with Crippen LogP contribution in [0, 0.1) is 0 Å². The van der Waals surface area contributed by atoms with Crippen molar-refractivity contribution in [3.8, 4) is 5.75 Å². The zero-order chi connectivity index (χ0) is 35.0. The van der Waals surface area contributed by atoms with Crippen molar-refractivity contribution >= 4 is 41.6 Å². The Morgan fingerprint density at radius 3 is 2.31 bits per heavy atom. The molecule has 0 saturated carbocycles. The van der Waals surface area contributed by atoms with Crippen molar-refractivity contribution in [2.75, 3.05) is 40.5 Å². The average Bonchev–Trinajstić information content (AvgIpc) is 3.36. The highest BCUT2D eigenvalue weighted by molar-refractivity contribution is 6.03. The van der Waals surface area contributed by atoms with Gasteiger partial charge in [0.2, 0.25) is 11.8 Å². The summed E-state index contributed by atoms with van der Waals surface area (Å²) in [5.74, 6) is -2.45. The molecule has 0 aliphatic carbocycles. The first-order valence-corrected chi connectivity index (χ1v) is 15.3. The number of piperazine rings is 1. The maximum absolute atomic E-state index is 14.0. The highest BCUT2D eigenvalue weighted by Crippen LogP contribution is 2.29. The molecule has 256 valence electrons. The van der Waals surface area contributed by atoms with Gasteiger partial charge in [0, 0.05) is 25.1 Å². The van der Waals surface area contributed by atoms with Crippen LogP contribution in [0.15, 0.2) is 54.6 Å². The molecule has 0 spiro atoms. The molecule has 2 atom stereocenters. The summed E-state index contributed by atoms with van der Waals surface area (Å²) in [5, 5.41) is 2.61. The number of amides is 3. The maximum Gasteiger partial charge on any atom is 0.408 e. The minimum Gasteiger partial charge on any atom is -0.497 e. The van der Waals surface area contributed by atoms with Gasteiger partial charge in [-0.3, -0.25) is 19.2 Å². The largest absolute Gasteiger partial charge is 0.497 e. The summed E-state index contributed by atoms with van der Waals surface area (Å²) in [6, 6.07) is 11.2. The fraction of sp³-hybridized carbons (Fsp3) is 0.412. The third-order valence-corrected chi connectivity index (χ3v) is 7.49. The number of rotatable bonds is 11. The highest BCUT2D eigenvalue weighted by Gasteiger charge is 2.42. The van der Waals surface area contributed by atoms with E-state index in [0.29, 0.717) is 22.4 Å². The van der Waals surface area contributed by atoms with Gasteiger partial charge >= 0.3 is 24.0 Å². The molecule has 48 heavy (non-hydrogen) atoms. The lowest BCUT2D eigenvalue weighted by Gasteiger charge is -2.41. The lowest BCUT2D eigenvalue weighted by atomic mass is 10.0. The molecular weight excluding hydrogens is 626 g/mol. The number of methoxy groups -OCH3 is 2. The molecule has 3 amide bonds. The van der Waals surface area contributed by atoms with Gasteiger partial charge < -0.3 is 38.8 Å². The van der Waals surface area contributed by atoms with Crippen molar-refractivity contribution in [3.63, 3.8) is 0 Å². The molecule has 0 bridgehead atoms. The number of fused-ring (bicyclic) bond motifs is 1. The normalized spacial score (nSPS) is 17.3. The number of benzene rings is 2. The molecule has 0 radical (unpaired) electrons. The third kappa shape index (κ3) is 9.11. The van der Waals surface area contributed by atoms with Crippen molar-refractivity contribution in [3.05, 3.63) is 71.3 Å². The van der Waals surface area contributed by atoms with E-state index in [0.717, 1.165) is 7.11 Å². The molecule has 2 aliphatic heterocycles. The summed E-state index contributed by atoms with van der Waals surface area (Å²) < 4.78 is 25.9. The van der Waals surface area contributed by atoms with Crippen LogP contribution in [0.4, 0.5) is 4.79 Å². The Morgan fingerprint density at radius 1 is 0.979 bits per heavy atom. The summed E-state index contributed by atoms with van der Waals surface area (Å²) in [7, 11) is 2.68. The minimum absolute atomic E-state index is 0.0447. The first kappa shape index (κ1) is 35.5. The van der Waals surface area contributed by atoms with E-state index >= 15 is 0 Å². The predicted octanol–water partition coefficient (Wildman–Crippen LogP) is 2.49. The van der Waals surface area contributed by atoms with Crippen molar-refractivity contribution in [1.29, 1.82) is 0 Å². The monoisotopic (exact) mass is 665 g/mol. The number of carbonyl (C=O) groups is 6. The van der Waals surface area contributed by atoms with Crippen LogP contribution in [0.3, 0.4) is 0 Å². The molecule has 2 aromatic rings. The van der Waals surface area contributed by atoms with Gasteiger partial charge in [0.05, 0.1) is 26.2 Å². The first-order chi connectivity index (χ1) is 22.8. The van der Waals surface area contributed by atoms with E-state index in [1.807, 2.05) is 0 Å². The van der Waals surface area contributed by atoms with Gasteiger partial charge in [0.15, 0.2) is 0 Å². The molecular formula is C34H39N3O11. The zero-order valence-corrected chi connectivity index (χ0v) is 27.5. The van der Waals surface area contributed by atoms with Crippen LogP contribution in [0.5, 0.6) is 5.75 Å². The Bertz CT molecular complexity index is 1580. The number of alkyl carbamates (subject to hydrolysis) is 1. The zero-order valence-electron chi connectivity index (χ0n) is 27.5. The highest BCUT2D eigenvalue weighted by atomic mass is 16.6. The minimum atomic E-state index is -1.32. The number of esters is 3. The van der Waals surface area contributed by atoms with Gasteiger partial charge in [-0.15, -0.1) is 0 Å². The summed E-state index contributed by atoms with van der Waals surface area (Å²) in [6.07, 6.45) is 0.173. The molecule has 0 unspecified atom stereocenters. The number of carbonyl (C=O) groups excluding carboxylic acids is 6. The summed E-state index contributed by atoms with van der Waals surface area (Å²) in [4.78, 5) is 80.0. The first-order valence-electron chi connectivity index (χ1n) is 15.3. The standard InChI is InChI=1S/C34H39N3O11/c1-34(2,3)48-33(43)35-25(18-21-10-12-22(44-4)13-11-21)30(40)37-16-15-36(31(41)26(37)19-28(38)45-5)20-29(39)46-17-14-27-23-8-6-7-9-24(23)32(42)47-27/h6-14,25-26H,15-20H2,1-5H3,(H,35,43)/t25-,26-/m0/s1. The predicted molar refractivity (Wildman–Crippen MR) is 169 cm³/mol. The van der Waals surface area contributed by atoms with E-state index in [-0.39, 0.29) is 31.9 Å². The molecule has 4 rings (SSSR count). The Morgan fingerprint density at radius 2 is 1.67 bits per heavy atom. The quantitative estimate of drug-likeness (QED) is 0.277. The number of ether oxygens (including phenoxy) is 5. The molecule has 14 heteroatoms.